The Labute approximate surface area is 145 Å². The molecule has 3 aromatic rings. The van der Waals surface area contributed by atoms with E-state index in [-0.39, 0.29) is 18.0 Å². The first-order chi connectivity index (χ1) is 12.1. The number of ether oxygens (including phenoxy) is 1. The summed E-state index contributed by atoms with van der Waals surface area (Å²) in [5.41, 5.74) is 1.66. The number of esters is 1. The molecule has 25 heavy (non-hydrogen) atoms. The van der Waals surface area contributed by atoms with Gasteiger partial charge in [-0.3, -0.25) is 9.78 Å². The van der Waals surface area contributed by atoms with Gasteiger partial charge >= 0.3 is 11.7 Å². The van der Waals surface area contributed by atoms with Gasteiger partial charge in [0.25, 0.3) is 0 Å². The van der Waals surface area contributed by atoms with E-state index in [9.17, 15) is 9.59 Å². The number of rotatable bonds is 5. The fraction of sp³-hybridized carbons (Fsp3) is 0.100. The number of hydrogen-bond acceptors (Lipinski definition) is 4. The third-order valence-electron chi connectivity index (χ3n) is 3.75. The second-order valence-electron chi connectivity index (χ2n) is 5.53. The van der Waals surface area contributed by atoms with Crippen LogP contribution in [-0.4, -0.2) is 16.7 Å². The Hall–Kier alpha value is -3.34. The zero-order valence-corrected chi connectivity index (χ0v) is 13.8. The standard InChI is InChI=1S/C20H17N2O3/c1-15-7-5-6-10-19(15)25-20(24)17-13-21-11-12-22(17)14-18(23)16-8-3-2-4-9-16/h2-13H,14H2,1H3/q+1. The van der Waals surface area contributed by atoms with E-state index in [4.69, 9.17) is 4.74 Å². The maximum absolute atomic E-state index is 12.5. The lowest BCUT2D eigenvalue weighted by atomic mass is 10.1. The summed E-state index contributed by atoms with van der Waals surface area (Å²) in [4.78, 5) is 28.9. The van der Waals surface area contributed by atoms with Crippen LogP contribution in [0, 0.1) is 6.92 Å². The first-order valence-corrected chi connectivity index (χ1v) is 7.84. The molecule has 0 N–H and O–H groups in total. The van der Waals surface area contributed by atoms with Crippen molar-refractivity contribution in [3.05, 3.63) is 90.0 Å². The first-order valence-electron chi connectivity index (χ1n) is 7.84. The number of aryl methyl sites for hydroxylation is 1. The van der Waals surface area contributed by atoms with Crippen LogP contribution in [-0.2, 0) is 6.54 Å². The lowest BCUT2D eigenvalue weighted by molar-refractivity contribution is -0.686. The molecule has 0 saturated heterocycles. The van der Waals surface area contributed by atoms with Crippen LogP contribution in [0.15, 0.2) is 73.2 Å². The second-order valence-corrected chi connectivity index (χ2v) is 5.53. The van der Waals surface area contributed by atoms with Crippen molar-refractivity contribution >= 4 is 11.8 Å². The fourth-order valence-corrected chi connectivity index (χ4v) is 2.39. The second kappa shape index (κ2) is 7.49. The highest BCUT2D eigenvalue weighted by atomic mass is 16.5. The predicted molar refractivity (Wildman–Crippen MR) is 91.3 cm³/mol. The van der Waals surface area contributed by atoms with Crippen LogP contribution < -0.4 is 9.30 Å². The van der Waals surface area contributed by atoms with E-state index in [1.807, 2.05) is 25.1 Å². The summed E-state index contributed by atoms with van der Waals surface area (Å²) in [5.74, 6) is -0.165. The van der Waals surface area contributed by atoms with Crippen molar-refractivity contribution in [2.24, 2.45) is 0 Å². The third kappa shape index (κ3) is 3.95. The Kier molecular flexibility index (Phi) is 4.95. The minimum absolute atomic E-state index is 0.0325. The highest BCUT2D eigenvalue weighted by molar-refractivity contribution is 5.95. The minimum Gasteiger partial charge on any atom is -0.418 e. The van der Waals surface area contributed by atoms with Crippen LogP contribution in [0.4, 0.5) is 0 Å². The van der Waals surface area contributed by atoms with E-state index in [0.29, 0.717) is 11.3 Å². The van der Waals surface area contributed by atoms with Gasteiger partial charge in [-0.2, -0.15) is 4.57 Å². The van der Waals surface area contributed by atoms with E-state index >= 15 is 0 Å². The van der Waals surface area contributed by atoms with Crippen LogP contribution >= 0.6 is 0 Å². The molecule has 0 fully saturated rings. The van der Waals surface area contributed by atoms with Crippen molar-refractivity contribution in [1.29, 1.82) is 0 Å². The lowest BCUT2D eigenvalue weighted by Gasteiger charge is -2.06. The number of Topliss-reactive ketones (excluding diaryl/α,β-unsaturated/α-hetero) is 1. The number of hydrogen-bond donors (Lipinski definition) is 0. The summed E-state index contributed by atoms with van der Waals surface area (Å²) >= 11 is 0. The Balaban J connectivity index is 1.82. The molecule has 3 rings (SSSR count). The molecule has 0 radical (unpaired) electrons. The number of nitrogens with zero attached hydrogens (tertiary/aromatic N) is 2. The van der Waals surface area contributed by atoms with E-state index in [1.165, 1.54) is 12.4 Å². The van der Waals surface area contributed by atoms with Crippen LogP contribution in [0.2, 0.25) is 0 Å². The number of para-hydroxylation sites is 1. The Morgan fingerprint density at radius 1 is 1.04 bits per heavy atom. The summed E-state index contributed by atoms with van der Waals surface area (Å²) in [6.45, 7) is 1.89. The molecule has 0 amide bonds. The molecular weight excluding hydrogens is 316 g/mol. The molecule has 5 heteroatoms. The Morgan fingerprint density at radius 3 is 2.52 bits per heavy atom. The van der Waals surface area contributed by atoms with E-state index in [1.54, 1.807) is 47.2 Å². The first kappa shape index (κ1) is 16.5. The molecule has 0 aliphatic rings. The molecule has 5 nitrogen and oxygen atoms in total. The van der Waals surface area contributed by atoms with Gasteiger partial charge < -0.3 is 4.74 Å². The van der Waals surface area contributed by atoms with Crippen molar-refractivity contribution in [2.45, 2.75) is 13.5 Å². The fourth-order valence-electron chi connectivity index (χ4n) is 2.39. The van der Waals surface area contributed by atoms with Gasteiger partial charge in [0.1, 0.15) is 11.9 Å². The molecule has 124 valence electrons. The highest BCUT2D eigenvalue weighted by Gasteiger charge is 2.24. The summed E-state index contributed by atoms with van der Waals surface area (Å²) in [5, 5.41) is 0. The van der Waals surface area contributed by atoms with Crippen molar-refractivity contribution in [2.75, 3.05) is 0 Å². The van der Waals surface area contributed by atoms with Crippen molar-refractivity contribution in [1.82, 2.24) is 4.98 Å². The normalized spacial score (nSPS) is 10.3. The van der Waals surface area contributed by atoms with E-state index < -0.39 is 5.97 Å². The zero-order valence-electron chi connectivity index (χ0n) is 13.8. The monoisotopic (exact) mass is 333 g/mol. The summed E-state index contributed by atoms with van der Waals surface area (Å²) in [6, 6.07) is 16.2. The molecule has 2 aromatic carbocycles. The van der Waals surface area contributed by atoms with Crippen molar-refractivity contribution in [3.8, 4) is 5.75 Å². The smallest absolute Gasteiger partial charge is 0.410 e. The molecule has 0 bridgehead atoms. The molecule has 1 aromatic heterocycles. The Bertz CT molecular complexity index is 908. The molecule has 0 unspecified atom stereocenters. The summed E-state index contributed by atoms with van der Waals surface area (Å²) in [7, 11) is 0. The molecule has 0 atom stereocenters. The van der Waals surface area contributed by atoms with Gasteiger partial charge in [0, 0.05) is 5.56 Å². The molecular formula is C20H17N2O3+. The minimum atomic E-state index is -0.553. The van der Waals surface area contributed by atoms with Gasteiger partial charge in [0.2, 0.25) is 12.3 Å². The predicted octanol–water partition coefficient (Wildman–Crippen LogP) is 2.78. The zero-order chi connectivity index (χ0) is 17.6. The maximum atomic E-state index is 12.5. The quantitative estimate of drug-likeness (QED) is 0.312. The summed E-state index contributed by atoms with van der Waals surface area (Å²) in [6.07, 6.45) is 4.52. The van der Waals surface area contributed by atoms with Gasteiger partial charge in [0.05, 0.1) is 6.20 Å². The van der Waals surface area contributed by atoms with Crippen molar-refractivity contribution in [3.63, 3.8) is 0 Å². The van der Waals surface area contributed by atoms with E-state index in [2.05, 4.69) is 4.98 Å². The Morgan fingerprint density at radius 2 is 1.76 bits per heavy atom. The largest absolute Gasteiger partial charge is 0.418 e. The van der Waals surface area contributed by atoms with Crippen molar-refractivity contribution < 1.29 is 18.9 Å². The molecule has 1 heterocycles. The highest BCUT2D eigenvalue weighted by Crippen LogP contribution is 2.17. The maximum Gasteiger partial charge on any atom is 0.410 e. The van der Waals surface area contributed by atoms with Crippen LogP contribution in [0.1, 0.15) is 26.4 Å². The van der Waals surface area contributed by atoms with Gasteiger partial charge in [-0.05, 0) is 18.6 Å². The van der Waals surface area contributed by atoms with Gasteiger partial charge in [0.15, 0.2) is 6.20 Å². The molecule has 0 aliphatic carbocycles. The molecule has 0 saturated carbocycles. The van der Waals surface area contributed by atoms with Gasteiger partial charge in [-0.25, -0.2) is 4.79 Å². The number of benzene rings is 2. The third-order valence-corrected chi connectivity index (χ3v) is 3.75. The van der Waals surface area contributed by atoms with Gasteiger partial charge in [-0.1, -0.05) is 48.5 Å². The summed E-state index contributed by atoms with van der Waals surface area (Å²) < 4.78 is 6.99. The topological polar surface area (TPSA) is 60.1 Å². The molecule has 0 aliphatic heterocycles. The average molecular weight is 333 g/mol. The number of carbonyl (C=O) groups excluding carboxylic acids is 2. The number of ketones is 1. The number of carbonyl (C=O) groups is 2. The van der Waals surface area contributed by atoms with E-state index in [0.717, 1.165) is 5.56 Å². The average Bonchev–Trinajstić information content (AvgIpc) is 2.64. The van der Waals surface area contributed by atoms with Crippen LogP contribution in [0.5, 0.6) is 5.75 Å². The lowest BCUT2D eigenvalue weighted by Crippen LogP contribution is -2.44. The number of aromatic nitrogens is 2. The SMILES string of the molecule is Cc1ccccc1OC(=O)c1cncc[n+]1CC(=O)c1ccccc1. The molecule has 0 spiro atoms. The van der Waals surface area contributed by atoms with Crippen LogP contribution in [0.3, 0.4) is 0 Å². The van der Waals surface area contributed by atoms with Gasteiger partial charge in [-0.15, -0.1) is 0 Å². The van der Waals surface area contributed by atoms with Crippen LogP contribution in [0.25, 0.3) is 0 Å².